The summed E-state index contributed by atoms with van der Waals surface area (Å²) in [5, 5.41) is 5.67. The molecule has 0 spiro atoms. The molecular formula is C23H23FN4O2. The highest BCUT2D eigenvalue weighted by Gasteiger charge is 2.13. The molecule has 0 saturated heterocycles. The first kappa shape index (κ1) is 21.0. The van der Waals surface area contributed by atoms with Crippen molar-refractivity contribution < 1.29 is 9.18 Å². The number of allylic oxidation sites excluding steroid dienone is 2. The van der Waals surface area contributed by atoms with E-state index in [4.69, 9.17) is 0 Å². The predicted octanol–water partition coefficient (Wildman–Crippen LogP) is 3.93. The van der Waals surface area contributed by atoms with E-state index in [1.807, 2.05) is 32.1 Å². The van der Waals surface area contributed by atoms with Crippen LogP contribution in [0, 0.1) is 12.7 Å². The van der Waals surface area contributed by atoms with Gasteiger partial charge in [0.15, 0.2) is 5.82 Å². The smallest absolute Gasteiger partial charge is 0.280 e. The Morgan fingerprint density at radius 3 is 2.70 bits per heavy atom. The largest absolute Gasteiger partial charge is 0.348 e. The van der Waals surface area contributed by atoms with Crippen molar-refractivity contribution >= 4 is 5.91 Å². The van der Waals surface area contributed by atoms with Crippen LogP contribution in [-0.2, 0) is 0 Å². The lowest BCUT2D eigenvalue weighted by molar-refractivity contribution is 0.0957. The van der Waals surface area contributed by atoms with Crippen molar-refractivity contribution in [2.45, 2.75) is 20.8 Å². The topological polar surface area (TPSA) is 79.8 Å². The quantitative estimate of drug-likeness (QED) is 0.609. The van der Waals surface area contributed by atoms with Crippen molar-refractivity contribution in [2.75, 3.05) is 6.54 Å². The average Bonchev–Trinajstić information content (AvgIpc) is 3.14. The highest BCUT2D eigenvalue weighted by atomic mass is 19.1. The van der Waals surface area contributed by atoms with Crippen LogP contribution in [0.1, 0.15) is 29.8 Å². The Morgan fingerprint density at radius 1 is 1.27 bits per heavy atom. The molecule has 3 rings (SSSR count). The van der Waals surface area contributed by atoms with E-state index in [9.17, 15) is 14.0 Å². The van der Waals surface area contributed by atoms with Crippen LogP contribution in [-0.4, -0.2) is 27.2 Å². The lowest BCUT2D eigenvalue weighted by Gasteiger charge is -2.06. The third-order valence-corrected chi connectivity index (χ3v) is 4.70. The summed E-state index contributed by atoms with van der Waals surface area (Å²) in [4.78, 5) is 29.3. The number of benzene rings is 1. The number of amides is 1. The number of hydrogen-bond donors (Lipinski definition) is 2. The summed E-state index contributed by atoms with van der Waals surface area (Å²) < 4.78 is 15.1. The molecule has 0 unspecified atom stereocenters. The maximum atomic E-state index is 13.8. The number of aryl methyl sites for hydroxylation is 1. The van der Waals surface area contributed by atoms with Gasteiger partial charge in [-0.05, 0) is 55.7 Å². The van der Waals surface area contributed by atoms with E-state index in [0.29, 0.717) is 34.6 Å². The van der Waals surface area contributed by atoms with E-state index in [2.05, 4.69) is 15.4 Å². The third kappa shape index (κ3) is 4.46. The van der Waals surface area contributed by atoms with Gasteiger partial charge in [0.05, 0.1) is 11.1 Å². The number of aromatic nitrogens is 3. The van der Waals surface area contributed by atoms with E-state index in [-0.39, 0.29) is 17.3 Å². The number of pyridine rings is 1. The molecule has 154 valence electrons. The summed E-state index contributed by atoms with van der Waals surface area (Å²) in [6.07, 6.45) is 8.68. The van der Waals surface area contributed by atoms with Crippen LogP contribution in [0.2, 0.25) is 0 Å². The molecule has 0 atom stereocenters. The lowest BCUT2D eigenvalue weighted by atomic mass is 10.1. The fourth-order valence-corrected chi connectivity index (χ4v) is 2.92. The molecule has 1 amide bonds. The number of rotatable bonds is 6. The standard InChI is InChI=1S/C23H23FN4O2/c1-4-6-16(5-2)12-26-22(29)18-9-10-21(25-13-18)28-23(30)19(14-27-28)17-8-7-15(3)20(24)11-17/h4-11,13-14,27H,12H2,1-3H3,(H,26,29). The molecule has 0 saturated carbocycles. The van der Waals surface area contributed by atoms with Crippen LogP contribution >= 0.6 is 0 Å². The van der Waals surface area contributed by atoms with Crippen LogP contribution in [0.5, 0.6) is 0 Å². The number of H-pyrrole nitrogens is 1. The molecule has 1 aromatic carbocycles. The van der Waals surface area contributed by atoms with Gasteiger partial charge >= 0.3 is 0 Å². The molecule has 2 aromatic heterocycles. The number of nitrogens with zero attached hydrogens (tertiary/aromatic N) is 2. The summed E-state index contributed by atoms with van der Waals surface area (Å²) in [7, 11) is 0. The Bertz CT molecular complexity index is 1170. The SMILES string of the molecule is CC=CC(=CC)CNC(=O)c1ccc(-n2[nH]cc(-c3ccc(C)c(F)c3)c2=O)nc1. The van der Waals surface area contributed by atoms with Gasteiger partial charge in [-0.1, -0.05) is 30.4 Å². The zero-order chi connectivity index (χ0) is 21.7. The number of nitrogens with one attached hydrogen (secondary N) is 2. The van der Waals surface area contributed by atoms with Crippen LogP contribution in [0.3, 0.4) is 0 Å². The first-order chi connectivity index (χ1) is 14.4. The van der Waals surface area contributed by atoms with E-state index < -0.39 is 0 Å². The second-order valence-electron chi connectivity index (χ2n) is 6.74. The first-order valence-electron chi connectivity index (χ1n) is 9.54. The number of aromatic amines is 1. The second-order valence-corrected chi connectivity index (χ2v) is 6.74. The molecule has 2 N–H and O–H groups in total. The maximum absolute atomic E-state index is 13.8. The van der Waals surface area contributed by atoms with Crippen molar-refractivity contribution in [3.63, 3.8) is 0 Å². The van der Waals surface area contributed by atoms with Crippen molar-refractivity contribution in [3.8, 4) is 16.9 Å². The zero-order valence-corrected chi connectivity index (χ0v) is 17.1. The van der Waals surface area contributed by atoms with E-state index in [1.165, 1.54) is 23.1 Å². The van der Waals surface area contributed by atoms with Crippen molar-refractivity contribution in [2.24, 2.45) is 0 Å². The molecule has 0 aliphatic heterocycles. The maximum Gasteiger partial charge on any atom is 0.280 e. The number of carbonyl (C=O) groups excluding carboxylic acids is 1. The highest BCUT2D eigenvalue weighted by Crippen LogP contribution is 2.19. The van der Waals surface area contributed by atoms with Gasteiger partial charge < -0.3 is 5.32 Å². The van der Waals surface area contributed by atoms with Gasteiger partial charge in [-0.15, -0.1) is 0 Å². The molecule has 3 aromatic rings. The van der Waals surface area contributed by atoms with Gasteiger partial charge in [-0.3, -0.25) is 14.7 Å². The Balaban J connectivity index is 1.78. The Morgan fingerprint density at radius 2 is 2.07 bits per heavy atom. The molecule has 0 fully saturated rings. The van der Waals surface area contributed by atoms with Crippen LogP contribution in [0.4, 0.5) is 4.39 Å². The van der Waals surface area contributed by atoms with Gasteiger partial charge in [0.1, 0.15) is 5.82 Å². The van der Waals surface area contributed by atoms with E-state index >= 15 is 0 Å². The Hall–Kier alpha value is -3.74. The first-order valence-corrected chi connectivity index (χ1v) is 9.54. The number of carbonyl (C=O) groups is 1. The number of hydrogen-bond acceptors (Lipinski definition) is 3. The predicted molar refractivity (Wildman–Crippen MR) is 115 cm³/mol. The summed E-state index contributed by atoms with van der Waals surface area (Å²) in [6.45, 7) is 5.90. The lowest BCUT2D eigenvalue weighted by Crippen LogP contribution is -2.25. The Kier molecular flexibility index (Phi) is 6.41. The number of halogens is 1. The fourth-order valence-electron chi connectivity index (χ4n) is 2.92. The monoisotopic (exact) mass is 406 g/mol. The summed E-state index contributed by atoms with van der Waals surface area (Å²) >= 11 is 0. The molecule has 2 heterocycles. The van der Waals surface area contributed by atoms with Crippen molar-refractivity contribution in [1.29, 1.82) is 0 Å². The Labute approximate surface area is 173 Å². The van der Waals surface area contributed by atoms with Crippen molar-refractivity contribution in [3.05, 3.63) is 93.8 Å². The molecule has 6 nitrogen and oxygen atoms in total. The highest BCUT2D eigenvalue weighted by molar-refractivity contribution is 5.94. The van der Waals surface area contributed by atoms with Gasteiger partial charge in [-0.25, -0.2) is 14.1 Å². The fraction of sp³-hybridized carbons (Fsp3) is 0.174. The minimum atomic E-state index is -0.372. The molecule has 30 heavy (non-hydrogen) atoms. The summed E-state index contributed by atoms with van der Waals surface area (Å²) in [6, 6.07) is 7.83. The average molecular weight is 406 g/mol. The van der Waals surface area contributed by atoms with E-state index in [1.54, 1.807) is 31.2 Å². The molecular weight excluding hydrogens is 383 g/mol. The normalized spacial score (nSPS) is 11.8. The molecule has 0 bridgehead atoms. The van der Waals surface area contributed by atoms with Crippen LogP contribution < -0.4 is 10.9 Å². The molecule has 0 aliphatic rings. The molecule has 0 aliphatic carbocycles. The van der Waals surface area contributed by atoms with Gasteiger partial charge in [0.2, 0.25) is 0 Å². The van der Waals surface area contributed by atoms with Crippen LogP contribution in [0.15, 0.2) is 71.3 Å². The third-order valence-electron chi connectivity index (χ3n) is 4.70. The van der Waals surface area contributed by atoms with Gasteiger partial charge in [0, 0.05) is 18.9 Å². The second kappa shape index (κ2) is 9.17. The summed E-state index contributed by atoms with van der Waals surface area (Å²) in [5.74, 6) is -0.297. The van der Waals surface area contributed by atoms with Gasteiger partial charge in [0.25, 0.3) is 11.5 Å². The minimum Gasteiger partial charge on any atom is -0.348 e. The molecule has 7 heteroatoms. The molecule has 0 radical (unpaired) electrons. The minimum absolute atomic E-state index is 0.257. The van der Waals surface area contributed by atoms with Gasteiger partial charge in [-0.2, -0.15) is 0 Å². The van der Waals surface area contributed by atoms with Crippen molar-refractivity contribution in [1.82, 2.24) is 20.1 Å². The van der Waals surface area contributed by atoms with E-state index in [0.717, 1.165) is 5.57 Å². The van der Waals surface area contributed by atoms with Crippen LogP contribution in [0.25, 0.3) is 16.9 Å². The zero-order valence-electron chi connectivity index (χ0n) is 17.1. The summed E-state index contributed by atoms with van der Waals surface area (Å²) in [5.41, 5.74) is 2.35.